The molecule has 0 bridgehead atoms. The molecule has 3 heteroatoms. The van der Waals surface area contributed by atoms with Crippen LogP contribution in [-0.2, 0) is 10.8 Å². The standard InChI is InChI=1S/C59H37N3/c1-4-18-38(19-5-1)39-34-36-41(37-35-39)56-60-55(40-20-6-2-7-21-40)61-57(62-56)46-27-17-32-51-53(46)45-25-11-13-29-48(45)59(51)50-31-15-14-30-49(50)58(42-22-8-3-9-23-42)47-28-12-10-24-43(47)44-26-16-33-52(59)54(44)58/h1-37H. The van der Waals surface area contributed by atoms with Gasteiger partial charge < -0.3 is 0 Å². The fourth-order valence-electron chi connectivity index (χ4n) is 11.3. The molecule has 0 saturated heterocycles. The number of aromatic nitrogens is 3. The van der Waals surface area contributed by atoms with Gasteiger partial charge in [-0.2, -0.15) is 0 Å². The van der Waals surface area contributed by atoms with Crippen molar-refractivity contribution in [2.24, 2.45) is 0 Å². The van der Waals surface area contributed by atoms with Gasteiger partial charge >= 0.3 is 0 Å². The van der Waals surface area contributed by atoms with E-state index >= 15 is 0 Å². The maximum atomic E-state index is 5.37. The van der Waals surface area contributed by atoms with Crippen molar-refractivity contribution in [3.8, 4) is 67.5 Å². The quantitative estimate of drug-likeness (QED) is 0.174. The maximum Gasteiger partial charge on any atom is 0.164 e. The smallest absolute Gasteiger partial charge is 0.164 e. The van der Waals surface area contributed by atoms with Crippen LogP contribution in [-0.4, -0.2) is 15.0 Å². The topological polar surface area (TPSA) is 38.7 Å². The summed E-state index contributed by atoms with van der Waals surface area (Å²) in [6, 6.07) is 81.6. The van der Waals surface area contributed by atoms with Gasteiger partial charge in [0.05, 0.1) is 10.8 Å². The van der Waals surface area contributed by atoms with Gasteiger partial charge in [-0.15, -0.1) is 0 Å². The van der Waals surface area contributed by atoms with Crippen LogP contribution in [0.15, 0.2) is 224 Å². The predicted octanol–water partition coefficient (Wildman–Crippen LogP) is 13.6. The summed E-state index contributed by atoms with van der Waals surface area (Å²) >= 11 is 0. The number of hydrogen-bond acceptors (Lipinski definition) is 3. The van der Waals surface area contributed by atoms with Crippen LogP contribution in [0.25, 0.3) is 67.5 Å². The van der Waals surface area contributed by atoms with E-state index in [9.17, 15) is 0 Å². The van der Waals surface area contributed by atoms with E-state index in [-0.39, 0.29) is 0 Å². The minimum Gasteiger partial charge on any atom is -0.208 e. The fourth-order valence-corrected chi connectivity index (χ4v) is 11.3. The number of benzene rings is 9. The summed E-state index contributed by atoms with van der Waals surface area (Å²) in [5.74, 6) is 1.94. The number of nitrogens with zero attached hydrogens (tertiary/aromatic N) is 3. The van der Waals surface area contributed by atoms with Crippen LogP contribution in [0.2, 0.25) is 0 Å². The van der Waals surface area contributed by atoms with Crippen molar-refractivity contribution in [2.75, 3.05) is 0 Å². The van der Waals surface area contributed by atoms with Gasteiger partial charge in [-0.3, -0.25) is 0 Å². The lowest BCUT2D eigenvalue weighted by molar-refractivity contribution is 0.636. The molecule has 9 aromatic carbocycles. The Morgan fingerprint density at radius 2 is 0.661 bits per heavy atom. The molecular formula is C59H37N3. The Labute approximate surface area is 360 Å². The van der Waals surface area contributed by atoms with Crippen LogP contribution < -0.4 is 0 Å². The van der Waals surface area contributed by atoms with Crippen molar-refractivity contribution >= 4 is 0 Å². The van der Waals surface area contributed by atoms with E-state index in [1.165, 1.54) is 66.8 Å². The summed E-state index contributed by atoms with van der Waals surface area (Å²) in [6.45, 7) is 0. The zero-order valence-electron chi connectivity index (χ0n) is 33.7. The highest BCUT2D eigenvalue weighted by molar-refractivity contribution is 5.99. The van der Waals surface area contributed by atoms with E-state index in [1.807, 2.05) is 24.3 Å². The van der Waals surface area contributed by atoms with Gasteiger partial charge in [0.1, 0.15) is 0 Å². The molecule has 2 atom stereocenters. The molecule has 0 amide bonds. The molecule has 3 aliphatic rings. The van der Waals surface area contributed by atoms with E-state index in [2.05, 4.69) is 200 Å². The first-order chi connectivity index (χ1) is 30.8. The minimum absolute atomic E-state index is 0.495. The van der Waals surface area contributed by atoms with E-state index in [4.69, 9.17) is 15.0 Å². The van der Waals surface area contributed by atoms with Crippen molar-refractivity contribution in [1.82, 2.24) is 15.0 Å². The van der Waals surface area contributed by atoms with Gasteiger partial charge in [-0.05, 0) is 77.9 Å². The zero-order valence-corrected chi connectivity index (χ0v) is 33.7. The minimum atomic E-state index is -0.615. The van der Waals surface area contributed by atoms with Crippen LogP contribution in [0.3, 0.4) is 0 Å². The summed E-state index contributed by atoms with van der Waals surface area (Å²) < 4.78 is 0. The lowest BCUT2D eigenvalue weighted by Gasteiger charge is -2.48. The molecule has 288 valence electrons. The third kappa shape index (κ3) is 4.62. The second-order valence-electron chi connectivity index (χ2n) is 16.6. The summed E-state index contributed by atoms with van der Waals surface area (Å²) in [5.41, 5.74) is 19.5. The first-order valence-electron chi connectivity index (χ1n) is 21.4. The fraction of sp³-hybridized carbons (Fsp3) is 0.0339. The number of hydrogen-bond donors (Lipinski definition) is 0. The normalized spacial score (nSPS) is 17.2. The second-order valence-corrected chi connectivity index (χ2v) is 16.6. The molecule has 1 heterocycles. The van der Waals surface area contributed by atoms with Crippen molar-refractivity contribution in [1.29, 1.82) is 0 Å². The van der Waals surface area contributed by atoms with Gasteiger partial charge in [0, 0.05) is 16.7 Å². The zero-order chi connectivity index (χ0) is 40.8. The second kappa shape index (κ2) is 13.2. The van der Waals surface area contributed by atoms with Gasteiger partial charge in [0.25, 0.3) is 0 Å². The largest absolute Gasteiger partial charge is 0.208 e. The summed E-state index contributed by atoms with van der Waals surface area (Å²) in [4.78, 5) is 15.8. The first-order valence-corrected chi connectivity index (χ1v) is 21.4. The lowest BCUT2D eigenvalue weighted by atomic mass is 9.52. The molecule has 62 heavy (non-hydrogen) atoms. The van der Waals surface area contributed by atoms with Crippen LogP contribution in [0.1, 0.15) is 44.5 Å². The molecular weight excluding hydrogens is 751 g/mol. The highest BCUT2D eigenvalue weighted by Gasteiger charge is 2.60. The van der Waals surface area contributed by atoms with E-state index in [1.54, 1.807) is 0 Å². The Balaban J connectivity index is 1.09. The molecule has 10 aromatic rings. The van der Waals surface area contributed by atoms with Gasteiger partial charge in [0.15, 0.2) is 17.5 Å². The van der Waals surface area contributed by atoms with Gasteiger partial charge in [-0.25, -0.2) is 15.0 Å². The first kappa shape index (κ1) is 34.8. The van der Waals surface area contributed by atoms with E-state index < -0.39 is 10.8 Å². The van der Waals surface area contributed by atoms with Crippen LogP contribution in [0.5, 0.6) is 0 Å². The maximum absolute atomic E-state index is 5.37. The highest BCUT2D eigenvalue weighted by atomic mass is 15.0. The van der Waals surface area contributed by atoms with Crippen LogP contribution in [0, 0.1) is 0 Å². The van der Waals surface area contributed by atoms with Crippen LogP contribution in [0.4, 0.5) is 0 Å². The summed E-state index contributed by atoms with van der Waals surface area (Å²) in [7, 11) is 0. The third-order valence-electron chi connectivity index (χ3n) is 13.6. The summed E-state index contributed by atoms with van der Waals surface area (Å²) in [5, 5.41) is 0. The average molecular weight is 788 g/mol. The molecule has 3 nitrogen and oxygen atoms in total. The molecule has 0 saturated carbocycles. The molecule has 0 radical (unpaired) electrons. The van der Waals surface area contributed by atoms with Crippen molar-refractivity contribution in [2.45, 2.75) is 10.8 Å². The SMILES string of the molecule is c1ccc(-c2ccc(-c3nc(-c4ccccc4)nc(-c4cccc5c4-c4ccccc4C54c5ccccc5C5(c6ccccc6)c6ccccc6-c6cccc4c65)n3)cc2)cc1. The Hall–Kier alpha value is -8.01. The van der Waals surface area contributed by atoms with Crippen LogP contribution >= 0.6 is 0 Å². The van der Waals surface area contributed by atoms with Gasteiger partial charge in [0.2, 0.25) is 0 Å². The number of rotatable bonds is 5. The Morgan fingerprint density at radius 1 is 0.242 bits per heavy atom. The molecule has 0 aliphatic heterocycles. The van der Waals surface area contributed by atoms with Crippen molar-refractivity contribution < 1.29 is 0 Å². The van der Waals surface area contributed by atoms with Crippen molar-refractivity contribution in [3.63, 3.8) is 0 Å². The molecule has 1 aromatic heterocycles. The Morgan fingerprint density at radius 3 is 1.34 bits per heavy atom. The Kier molecular flexibility index (Phi) is 7.44. The molecule has 3 aliphatic carbocycles. The highest BCUT2D eigenvalue weighted by Crippen LogP contribution is 2.69. The Bertz CT molecular complexity index is 3400. The lowest BCUT2D eigenvalue weighted by Crippen LogP contribution is -2.43. The molecule has 13 rings (SSSR count). The van der Waals surface area contributed by atoms with E-state index in [0.29, 0.717) is 17.5 Å². The van der Waals surface area contributed by atoms with Crippen molar-refractivity contribution in [3.05, 3.63) is 269 Å². The average Bonchev–Trinajstić information content (AvgIpc) is 3.83. The number of fused-ring (bicyclic) bond motifs is 12. The van der Waals surface area contributed by atoms with E-state index in [0.717, 1.165) is 27.8 Å². The van der Waals surface area contributed by atoms with Gasteiger partial charge in [-0.1, -0.05) is 224 Å². The molecule has 0 N–H and O–H groups in total. The molecule has 0 fully saturated rings. The monoisotopic (exact) mass is 787 g/mol. The third-order valence-corrected chi connectivity index (χ3v) is 13.6. The summed E-state index contributed by atoms with van der Waals surface area (Å²) in [6.07, 6.45) is 0. The predicted molar refractivity (Wildman–Crippen MR) is 250 cm³/mol. The molecule has 2 unspecified atom stereocenters. The molecule has 1 spiro atoms.